The molecule has 10 aromatic rings. The molecule has 0 aliphatic carbocycles. The van der Waals surface area contributed by atoms with E-state index in [0.717, 1.165) is 38.4 Å². The third kappa shape index (κ3) is 3.69. The van der Waals surface area contributed by atoms with Crippen LogP contribution in [0.4, 0.5) is 0 Å². The van der Waals surface area contributed by atoms with Crippen LogP contribution in [-0.4, -0.2) is 9.55 Å². The van der Waals surface area contributed by atoms with Crippen LogP contribution in [-0.2, 0) is 0 Å². The first-order valence-corrected chi connectivity index (χ1v) is 15.6. The summed E-state index contributed by atoms with van der Waals surface area (Å²) in [5.41, 5.74) is 11.1. The van der Waals surface area contributed by atoms with Crippen LogP contribution in [0.15, 0.2) is 162 Å². The highest BCUT2D eigenvalue weighted by atomic mass is 16.3. The van der Waals surface area contributed by atoms with Gasteiger partial charge < -0.3 is 8.98 Å². The van der Waals surface area contributed by atoms with Crippen LogP contribution < -0.4 is 0 Å². The lowest BCUT2D eigenvalue weighted by Gasteiger charge is -2.10. The third-order valence-electron chi connectivity index (χ3n) is 9.42. The average Bonchev–Trinajstić information content (AvgIpc) is 3.66. The normalized spacial score (nSPS) is 11.9. The molecule has 0 N–H and O–H groups in total. The monoisotopic (exact) mass is 586 g/mol. The molecular formula is C43H26N2O. The van der Waals surface area contributed by atoms with E-state index in [9.17, 15) is 0 Å². The maximum absolute atomic E-state index is 6.36. The van der Waals surface area contributed by atoms with Gasteiger partial charge in [-0.25, -0.2) is 0 Å². The van der Waals surface area contributed by atoms with Gasteiger partial charge in [-0.1, -0.05) is 91.0 Å². The Kier molecular flexibility index (Phi) is 5.28. The second-order valence-electron chi connectivity index (χ2n) is 12.0. The molecule has 0 fully saturated rings. The van der Waals surface area contributed by atoms with Gasteiger partial charge in [-0.15, -0.1) is 0 Å². The molecule has 0 spiro atoms. The number of benzene rings is 7. The lowest BCUT2D eigenvalue weighted by atomic mass is 9.94. The molecule has 0 aliphatic heterocycles. The summed E-state index contributed by atoms with van der Waals surface area (Å²) in [5.74, 6) is 0. The molecular weight excluding hydrogens is 560 g/mol. The zero-order valence-electron chi connectivity index (χ0n) is 24.8. The lowest BCUT2D eigenvalue weighted by Crippen LogP contribution is -1.92. The van der Waals surface area contributed by atoms with Gasteiger partial charge in [-0.3, -0.25) is 4.98 Å². The van der Waals surface area contributed by atoms with E-state index in [0.29, 0.717) is 0 Å². The van der Waals surface area contributed by atoms with Crippen LogP contribution in [0.3, 0.4) is 0 Å². The molecule has 0 unspecified atom stereocenters. The molecule has 0 saturated carbocycles. The first-order chi connectivity index (χ1) is 22.8. The number of rotatable bonds is 3. The van der Waals surface area contributed by atoms with Gasteiger partial charge in [0, 0.05) is 44.2 Å². The molecule has 46 heavy (non-hydrogen) atoms. The Morgan fingerprint density at radius 3 is 2.00 bits per heavy atom. The fourth-order valence-corrected chi connectivity index (χ4v) is 7.29. The number of furan rings is 1. The van der Waals surface area contributed by atoms with Crippen molar-refractivity contribution >= 4 is 65.4 Å². The van der Waals surface area contributed by atoms with E-state index in [4.69, 9.17) is 9.40 Å². The highest BCUT2D eigenvalue weighted by Gasteiger charge is 2.16. The molecule has 3 aromatic heterocycles. The van der Waals surface area contributed by atoms with E-state index in [1.165, 1.54) is 55.0 Å². The van der Waals surface area contributed by atoms with Crippen molar-refractivity contribution in [1.29, 1.82) is 0 Å². The van der Waals surface area contributed by atoms with Gasteiger partial charge in [0.25, 0.3) is 0 Å². The van der Waals surface area contributed by atoms with E-state index in [-0.39, 0.29) is 0 Å². The average molecular weight is 587 g/mol. The summed E-state index contributed by atoms with van der Waals surface area (Å²) in [6.45, 7) is 0. The topological polar surface area (TPSA) is 31.0 Å². The summed E-state index contributed by atoms with van der Waals surface area (Å²) < 4.78 is 8.71. The zero-order valence-corrected chi connectivity index (χ0v) is 24.8. The van der Waals surface area contributed by atoms with E-state index < -0.39 is 0 Å². The smallest absolute Gasteiger partial charge is 0.135 e. The maximum Gasteiger partial charge on any atom is 0.135 e. The number of nitrogens with zero attached hydrogens (tertiary/aromatic N) is 2. The highest BCUT2D eigenvalue weighted by molar-refractivity contribution is 6.15. The molecule has 0 saturated heterocycles. The van der Waals surface area contributed by atoms with Crippen molar-refractivity contribution in [3.8, 4) is 27.9 Å². The van der Waals surface area contributed by atoms with Crippen LogP contribution >= 0.6 is 0 Å². The summed E-state index contributed by atoms with van der Waals surface area (Å²) in [5, 5.41) is 8.23. The molecule has 0 bridgehead atoms. The Bertz CT molecular complexity index is 2800. The standard InChI is InChI=1S/C43H26N2O/c1-2-10-32(11-3-1)45-38-14-5-4-12-34(38)35-24-29(17-20-39(35)45)30-18-21-40-36(25-30)37-26-31(19-22-41(37)46-40)33-13-6-8-27-15-16-28-9-7-23-44-43(28)42(27)33/h1-26H. The van der Waals surface area contributed by atoms with Crippen molar-refractivity contribution in [3.05, 3.63) is 158 Å². The zero-order chi connectivity index (χ0) is 30.2. The minimum Gasteiger partial charge on any atom is -0.456 e. The molecule has 0 atom stereocenters. The number of hydrogen-bond acceptors (Lipinski definition) is 2. The van der Waals surface area contributed by atoms with Crippen molar-refractivity contribution in [3.63, 3.8) is 0 Å². The fourth-order valence-electron chi connectivity index (χ4n) is 7.29. The summed E-state index contributed by atoms with van der Waals surface area (Å²) in [7, 11) is 0. The summed E-state index contributed by atoms with van der Waals surface area (Å²) in [6.07, 6.45) is 1.88. The molecule has 3 nitrogen and oxygen atoms in total. The van der Waals surface area contributed by atoms with Crippen LogP contribution in [0.25, 0.3) is 93.4 Å². The Hall–Kier alpha value is -6.19. The van der Waals surface area contributed by atoms with Gasteiger partial charge in [0.05, 0.1) is 16.6 Å². The quantitative estimate of drug-likeness (QED) is 0.193. The lowest BCUT2D eigenvalue weighted by molar-refractivity contribution is 0.669. The minimum absolute atomic E-state index is 0.889. The fraction of sp³-hybridized carbons (Fsp3) is 0. The first kappa shape index (κ1) is 25.2. The van der Waals surface area contributed by atoms with Crippen LogP contribution in [0.1, 0.15) is 0 Å². The number of pyridine rings is 1. The summed E-state index contributed by atoms with van der Waals surface area (Å²) >= 11 is 0. The molecule has 10 rings (SSSR count). The van der Waals surface area contributed by atoms with Gasteiger partial charge in [0.1, 0.15) is 11.2 Å². The predicted molar refractivity (Wildman–Crippen MR) is 192 cm³/mol. The van der Waals surface area contributed by atoms with Crippen LogP contribution in [0.2, 0.25) is 0 Å². The van der Waals surface area contributed by atoms with Gasteiger partial charge in [-0.05, 0) is 88.3 Å². The van der Waals surface area contributed by atoms with Gasteiger partial charge in [0.2, 0.25) is 0 Å². The maximum atomic E-state index is 6.36. The second-order valence-corrected chi connectivity index (χ2v) is 12.0. The van der Waals surface area contributed by atoms with Crippen molar-refractivity contribution in [1.82, 2.24) is 9.55 Å². The number of hydrogen-bond donors (Lipinski definition) is 0. The van der Waals surface area contributed by atoms with E-state index in [1.54, 1.807) is 0 Å². The van der Waals surface area contributed by atoms with Crippen molar-refractivity contribution in [2.75, 3.05) is 0 Å². The Morgan fingerprint density at radius 1 is 0.457 bits per heavy atom. The van der Waals surface area contributed by atoms with Crippen molar-refractivity contribution < 1.29 is 4.42 Å². The second kappa shape index (κ2) is 9.65. The molecule has 214 valence electrons. The molecule has 0 aliphatic rings. The van der Waals surface area contributed by atoms with E-state index in [2.05, 4.69) is 150 Å². The van der Waals surface area contributed by atoms with Crippen LogP contribution in [0, 0.1) is 0 Å². The highest BCUT2D eigenvalue weighted by Crippen LogP contribution is 2.40. The Balaban J connectivity index is 1.15. The Morgan fingerprint density at radius 2 is 1.13 bits per heavy atom. The largest absolute Gasteiger partial charge is 0.456 e. The first-order valence-electron chi connectivity index (χ1n) is 15.6. The summed E-state index contributed by atoms with van der Waals surface area (Å²) in [6, 6.07) is 54.2. The molecule has 3 heterocycles. The third-order valence-corrected chi connectivity index (χ3v) is 9.42. The predicted octanol–water partition coefficient (Wildman–Crippen LogP) is 11.7. The molecule has 0 radical (unpaired) electrons. The summed E-state index contributed by atoms with van der Waals surface area (Å²) in [4.78, 5) is 4.78. The molecule has 3 heteroatoms. The van der Waals surface area contributed by atoms with Gasteiger partial charge >= 0.3 is 0 Å². The van der Waals surface area contributed by atoms with Crippen molar-refractivity contribution in [2.24, 2.45) is 0 Å². The molecule has 0 amide bonds. The van der Waals surface area contributed by atoms with E-state index in [1.807, 2.05) is 12.3 Å². The number of fused-ring (bicyclic) bond motifs is 9. The van der Waals surface area contributed by atoms with Crippen molar-refractivity contribution in [2.45, 2.75) is 0 Å². The molecule has 7 aromatic carbocycles. The van der Waals surface area contributed by atoms with Gasteiger partial charge in [0.15, 0.2) is 0 Å². The minimum atomic E-state index is 0.889. The van der Waals surface area contributed by atoms with E-state index >= 15 is 0 Å². The number of aromatic nitrogens is 2. The number of para-hydroxylation sites is 2. The SMILES string of the molecule is c1ccc(-n2c3ccccc3c3cc(-c4ccc5oc6ccc(-c7cccc8ccc9cccnc9c78)cc6c5c4)ccc32)cc1. The van der Waals surface area contributed by atoms with Gasteiger partial charge in [-0.2, -0.15) is 0 Å². The Labute approximate surface area is 264 Å². The van der Waals surface area contributed by atoms with Crippen LogP contribution in [0.5, 0.6) is 0 Å².